The molecule has 163 valence electrons. The largest absolute Gasteiger partial charge is 0 e. The van der Waals surface area contributed by atoms with Crippen LogP contribution in [0.4, 0.5) is 0 Å². The molecule has 2 fully saturated rings. The van der Waals surface area contributed by atoms with Crippen molar-refractivity contribution < 1.29 is 45.3 Å². The van der Waals surface area contributed by atoms with Crippen molar-refractivity contribution in [1.29, 1.82) is 10.5 Å². The van der Waals surface area contributed by atoms with Crippen LogP contribution >= 0.6 is 9.42 Å². The zero-order chi connectivity index (χ0) is 19.4. The number of hydrogen-bond acceptors (Lipinski definition) is 4. The number of rotatable bonds is 0. The van der Waals surface area contributed by atoms with Gasteiger partial charge in [0.15, 0.2) is 0 Å². The van der Waals surface area contributed by atoms with Gasteiger partial charge in [0.25, 0.3) is 0 Å². The van der Waals surface area contributed by atoms with E-state index in [0.29, 0.717) is 11.8 Å². The predicted octanol–water partition coefficient (Wildman–Crippen LogP) is 4.75. The SMILES string of the molecule is N#C[S-].N#C[S-].O.[CH2-]C1CCCCC1[NH-].[CH2-]C1CCCCC1[NH-].[Cl][Pt].[Pt]. The van der Waals surface area contributed by atoms with E-state index >= 15 is 0 Å². The van der Waals surface area contributed by atoms with E-state index in [9.17, 15) is 0 Å². The van der Waals surface area contributed by atoms with Crippen molar-refractivity contribution in [3.05, 3.63) is 25.3 Å². The molecule has 4 atom stereocenters. The van der Waals surface area contributed by atoms with Gasteiger partial charge < -0.3 is 56.0 Å². The number of nitrogens with zero attached hydrogens (tertiary/aromatic N) is 2. The molecule has 0 bridgehead atoms. The molecular formula is C16H28ClN4OPt2S2-6. The van der Waals surface area contributed by atoms with Gasteiger partial charge in [0.2, 0.25) is 0 Å². The van der Waals surface area contributed by atoms with E-state index in [0.717, 1.165) is 12.8 Å². The number of nitriles is 2. The molecule has 0 heterocycles. The number of nitrogens with one attached hydrogen (secondary N) is 2. The molecule has 26 heavy (non-hydrogen) atoms. The Bertz CT molecular complexity index is 295. The smallest absolute Gasteiger partial charge is 0 e. The normalized spacial score (nSPS) is 25.3. The average molecular weight is 782 g/mol. The van der Waals surface area contributed by atoms with Gasteiger partial charge in [0, 0.05) is 21.1 Å². The van der Waals surface area contributed by atoms with Crippen LogP contribution in [0.15, 0.2) is 0 Å². The van der Waals surface area contributed by atoms with Gasteiger partial charge in [-0.05, 0) is 0 Å². The third kappa shape index (κ3) is 27.2. The number of thiocyanates is 2. The molecular weight excluding hydrogens is 754 g/mol. The molecule has 0 amide bonds. The molecule has 0 aliphatic heterocycles. The molecule has 0 aromatic carbocycles. The van der Waals surface area contributed by atoms with Gasteiger partial charge in [-0.15, -0.1) is 0 Å². The van der Waals surface area contributed by atoms with E-state index in [1.807, 2.05) is 0 Å². The Labute approximate surface area is 200 Å². The Morgan fingerprint density at radius 1 is 0.808 bits per heavy atom. The van der Waals surface area contributed by atoms with Crippen molar-refractivity contribution in [1.82, 2.24) is 0 Å². The summed E-state index contributed by atoms with van der Waals surface area (Å²) in [4.78, 5) is 0. The van der Waals surface area contributed by atoms with Crippen LogP contribution in [0.25, 0.3) is 11.5 Å². The van der Waals surface area contributed by atoms with Gasteiger partial charge in [0.1, 0.15) is 0 Å². The van der Waals surface area contributed by atoms with Crippen molar-refractivity contribution in [2.75, 3.05) is 0 Å². The van der Waals surface area contributed by atoms with Crippen LogP contribution in [-0.2, 0) is 65.1 Å². The third-order valence-electron chi connectivity index (χ3n) is 3.82. The first-order valence-corrected chi connectivity index (χ1v) is 11.3. The maximum atomic E-state index is 7.42. The average Bonchev–Trinajstić information content (AvgIpc) is 2.57. The summed E-state index contributed by atoms with van der Waals surface area (Å²) in [6, 6.07) is 0.285. The van der Waals surface area contributed by atoms with Crippen LogP contribution in [0.5, 0.6) is 0 Å². The van der Waals surface area contributed by atoms with E-state index in [1.54, 1.807) is 18.8 Å². The van der Waals surface area contributed by atoms with Crippen LogP contribution in [0, 0.1) is 47.0 Å². The van der Waals surface area contributed by atoms with Crippen LogP contribution in [-0.4, -0.2) is 17.6 Å². The van der Waals surface area contributed by atoms with E-state index < -0.39 is 0 Å². The summed E-state index contributed by atoms with van der Waals surface area (Å²) in [7, 11) is 4.61. The standard InChI is InChI=1S/2C7H13N.2CHNS.ClH.H2O.2Pt/c2*1-6-4-2-3-5-7(6)8;2*2-1-3;;;;/h2*6-8H,1-5H2;2*3H;1H;1H2;;/q2*-2;;;;;;+1/p-3. The van der Waals surface area contributed by atoms with Gasteiger partial charge in [-0.2, -0.15) is 23.9 Å². The summed E-state index contributed by atoms with van der Waals surface area (Å²) >= 11 is 9.01. The Hall–Kier alpha value is 0.967. The first kappa shape index (κ1) is 37.7. The maximum Gasteiger partial charge on any atom is 0 e. The van der Waals surface area contributed by atoms with Gasteiger partial charge in [0.05, 0.1) is 0 Å². The molecule has 0 spiro atoms. The fourth-order valence-electron chi connectivity index (χ4n) is 2.42. The first-order valence-electron chi connectivity index (χ1n) is 7.67. The zero-order valence-electron chi connectivity index (χ0n) is 14.6. The predicted molar refractivity (Wildman–Crippen MR) is 106 cm³/mol. The second-order valence-corrected chi connectivity index (χ2v) is 5.85. The van der Waals surface area contributed by atoms with Crippen LogP contribution in [0.3, 0.4) is 0 Å². The molecule has 0 aromatic heterocycles. The summed E-state index contributed by atoms with van der Waals surface area (Å²) in [6.45, 7) is 7.78. The first-order chi connectivity index (χ1) is 11.4. The van der Waals surface area contributed by atoms with Crippen LogP contribution < -0.4 is 0 Å². The van der Waals surface area contributed by atoms with Gasteiger partial charge in [-0.1, -0.05) is 62.2 Å². The number of halogens is 1. The van der Waals surface area contributed by atoms with Crippen molar-refractivity contribution in [2.45, 2.75) is 63.5 Å². The van der Waals surface area contributed by atoms with E-state index in [4.69, 9.17) is 22.0 Å². The quantitative estimate of drug-likeness (QED) is 0.200. The minimum absolute atomic E-state index is 0. The second kappa shape index (κ2) is 30.7. The van der Waals surface area contributed by atoms with Crippen LogP contribution in [0.2, 0.25) is 0 Å². The Morgan fingerprint density at radius 2 is 1.00 bits per heavy atom. The Kier molecular flexibility index (Phi) is 44.5. The summed E-state index contributed by atoms with van der Waals surface area (Å²) in [5.41, 5.74) is 14.8. The molecule has 0 radical (unpaired) electrons. The zero-order valence-corrected chi connectivity index (χ0v) is 21.5. The monoisotopic (exact) mass is 781 g/mol. The minimum atomic E-state index is 0. The second-order valence-electron chi connectivity index (χ2n) is 5.48. The fraction of sp³-hybridized carbons (Fsp3) is 0.750. The number of hydrogen-bond donors (Lipinski definition) is 0. The molecule has 4 N–H and O–H groups in total. The third-order valence-corrected chi connectivity index (χ3v) is 3.82. The minimum Gasteiger partial charge on any atom is 0 e. The summed E-state index contributed by atoms with van der Waals surface area (Å²) < 4.78 is 0. The summed E-state index contributed by atoms with van der Waals surface area (Å²) in [6.07, 6.45) is 9.60. The molecule has 2 aliphatic rings. The van der Waals surface area contributed by atoms with Gasteiger partial charge >= 0.3 is 28.2 Å². The topological polar surface area (TPSA) is 127 Å². The maximum absolute atomic E-state index is 7.42. The molecule has 4 unspecified atom stereocenters. The Balaban J connectivity index is -0.0000000773. The van der Waals surface area contributed by atoms with Crippen molar-refractivity contribution in [2.24, 2.45) is 11.8 Å². The molecule has 5 nitrogen and oxygen atoms in total. The van der Waals surface area contributed by atoms with E-state index in [-0.39, 0.29) is 38.6 Å². The van der Waals surface area contributed by atoms with Gasteiger partial charge in [-0.3, -0.25) is 0 Å². The molecule has 0 aromatic rings. The van der Waals surface area contributed by atoms with Crippen molar-refractivity contribution in [3.8, 4) is 10.8 Å². The van der Waals surface area contributed by atoms with Crippen LogP contribution in [0.1, 0.15) is 51.4 Å². The van der Waals surface area contributed by atoms with Crippen molar-refractivity contribution in [3.63, 3.8) is 0 Å². The summed E-state index contributed by atoms with van der Waals surface area (Å²) in [5, 5.41) is 16.9. The fourth-order valence-corrected chi connectivity index (χ4v) is 2.42. The van der Waals surface area contributed by atoms with E-state index in [1.165, 1.54) is 49.3 Å². The summed E-state index contributed by atoms with van der Waals surface area (Å²) in [5.74, 6) is 0.840. The molecule has 2 saturated carbocycles. The Morgan fingerprint density at radius 3 is 1.12 bits per heavy atom. The van der Waals surface area contributed by atoms with Crippen molar-refractivity contribution >= 4 is 34.7 Å². The molecule has 2 rings (SSSR count). The van der Waals surface area contributed by atoms with Gasteiger partial charge in [-0.25, -0.2) is 10.5 Å². The molecule has 10 heteroatoms. The molecule has 2 aliphatic carbocycles. The van der Waals surface area contributed by atoms with E-state index in [2.05, 4.69) is 48.5 Å². The molecule has 0 saturated heterocycles.